The second-order valence-corrected chi connectivity index (χ2v) is 18.4. The third kappa shape index (κ3) is 24.8. The lowest BCUT2D eigenvalue weighted by atomic mass is 9.96. The van der Waals surface area contributed by atoms with Crippen molar-refractivity contribution in [3.8, 4) is 0 Å². The fourth-order valence-electron chi connectivity index (χ4n) is 8.31. The maximum absolute atomic E-state index is 13.7. The molecule has 0 spiro atoms. The predicted molar refractivity (Wildman–Crippen MR) is 247 cm³/mol. The van der Waals surface area contributed by atoms with Crippen molar-refractivity contribution < 1.29 is 56.0 Å². The van der Waals surface area contributed by atoms with Gasteiger partial charge in [0.25, 0.3) is 0 Å². The molecule has 1 aliphatic heterocycles. The van der Waals surface area contributed by atoms with Gasteiger partial charge in [0, 0.05) is 12.8 Å². The number of aliphatic hydroxyl groups excluding tert-OH is 2. The summed E-state index contributed by atoms with van der Waals surface area (Å²) in [5, 5.41) is 23.8. The van der Waals surface area contributed by atoms with Crippen molar-refractivity contribution in [2.24, 2.45) is 0 Å². The van der Waals surface area contributed by atoms with Gasteiger partial charge in [-0.1, -0.05) is 170 Å². The van der Waals surface area contributed by atoms with E-state index in [0.717, 1.165) is 109 Å². The molecule has 0 bridgehead atoms. The van der Waals surface area contributed by atoms with Crippen LogP contribution in [0.2, 0.25) is 0 Å². The number of aliphatic hydroxyl groups is 2. The fraction of sp³-hybridized carbons (Fsp3) is 0.700. The zero-order valence-corrected chi connectivity index (χ0v) is 39.2. The van der Waals surface area contributed by atoms with E-state index in [2.05, 4.69) is 53.2 Å². The maximum atomic E-state index is 13.7. The van der Waals surface area contributed by atoms with Crippen molar-refractivity contribution in [2.75, 3.05) is 6.61 Å². The van der Waals surface area contributed by atoms with Gasteiger partial charge >= 0.3 is 22.3 Å². The summed E-state index contributed by atoms with van der Waals surface area (Å²) in [6.07, 6.45) is 15.6. The molecule has 0 aromatic heterocycles. The first-order valence-electron chi connectivity index (χ1n) is 24.7. The lowest BCUT2D eigenvalue weighted by Gasteiger charge is -2.43. The van der Waals surface area contributed by atoms with Crippen LogP contribution in [0.1, 0.15) is 179 Å². The fourth-order valence-corrected chi connectivity index (χ4v) is 8.81. The molecule has 0 aliphatic carbocycles. The number of ether oxygens (including phenoxy) is 3. The number of unbranched alkanes of at least 4 members (excludes halogenated alkanes) is 18. The smallest absolute Gasteiger partial charge is 0.397 e. The minimum absolute atomic E-state index is 0.0403. The Labute approximate surface area is 385 Å². The number of aryl methyl sites for hydroxylation is 2. The summed E-state index contributed by atoms with van der Waals surface area (Å²) in [5.41, 5.74) is 2.63. The van der Waals surface area contributed by atoms with Gasteiger partial charge in [-0.05, 0) is 62.5 Å². The molecule has 2 aromatic carbocycles. The highest BCUT2D eigenvalue weighted by atomic mass is 32.3. The molecular formula is C50H79NO12S. The summed E-state index contributed by atoms with van der Waals surface area (Å²) >= 11 is 0. The molecule has 1 heterocycles. The van der Waals surface area contributed by atoms with E-state index in [-0.39, 0.29) is 19.3 Å². The van der Waals surface area contributed by atoms with Crippen LogP contribution >= 0.6 is 0 Å². The number of benzene rings is 2. The van der Waals surface area contributed by atoms with Crippen LogP contribution in [0.5, 0.6) is 0 Å². The van der Waals surface area contributed by atoms with Crippen molar-refractivity contribution in [1.82, 2.24) is 5.32 Å². The largest absolute Gasteiger partial charge is 0.462 e. The minimum Gasteiger partial charge on any atom is -0.462 e. The molecule has 0 saturated carbocycles. The van der Waals surface area contributed by atoms with Gasteiger partial charge in [-0.15, -0.1) is 0 Å². The second kappa shape index (κ2) is 33.1. The van der Waals surface area contributed by atoms with Gasteiger partial charge in [0.2, 0.25) is 7.34 Å². The van der Waals surface area contributed by atoms with E-state index in [1.807, 2.05) is 24.3 Å². The third-order valence-corrected chi connectivity index (χ3v) is 12.3. The van der Waals surface area contributed by atoms with Crippen molar-refractivity contribution in [3.05, 3.63) is 71.8 Å². The quantitative estimate of drug-likeness (QED) is 0.0285. The van der Waals surface area contributed by atoms with Gasteiger partial charge in [-0.25, -0.2) is 4.18 Å². The Kier molecular flexibility index (Phi) is 27.5. The van der Waals surface area contributed by atoms with Crippen LogP contribution in [0, 0.1) is 0 Å². The number of carbonyl (C=O) groups excluding carboxylic acids is 3. The van der Waals surface area contributed by atoms with Gasteiger partial charge < -0.3 is 29.7 Å². The van der Waals surface area contributed by atoms with Gasteiger partial charge in [0.05, 0.1) is 13.0 Å². The monoisotopic (exact) mass is 919 g/mol. The molecule has 2 aromatic rings. The summed E-state index contributed by atoms with van der Waals surface area (Å²) < 4.78 is 57.5. The van der Waals surface area contributed by atoms with Crippen LogP contribution in [-0.2, 0) is 56.0 Å². The summed E-state index contributed by atoms with van der Waals surface area (Å²) in [6.45, 7) is 1.33. The Bertz CT molecular complexity index is 1670. The Balaban J connectivity index is 1.57. The van der Waals surface area contributed by atoms with Crippen LogP contribution < -0.4 is 5.32 Å². The normalized spacial score (nSPS) is 19.4. The summed E-state index contributed by atoms with van der Waals surface area (Å²) in [6, 6.07) is 19.1. The number of rotatable bonds is 37. The highest BCUT2D eigenvalue weighted by molar-refractivity contribution is 7.80. The first-order valence-corrected chi connectivity index (χ1v) is 25.7. The molecule has 0 radical (unpaired) electrons. The minimum atomic E-state index is -5.00. The molecule has 1 aliphatic rings. The second-order valence-electron chi connectivity index (χ2n) is 17.4. The Morgan fingerprint density at radius 1 is 0.688 bits per heavy atom. The summed E-state index contributed by atoms with van der Waals surface area (Å²) in [7, 11) is -5.00. The first-order chi connectivity index (χ1) is 31.5. The summed E-state index contributed by atoms with van der Waals surface area (Å²) in [5.74, 6) is -1.81. The molecule has 1 unspecified atom stereocenters. The number of carbonyl (C=O) groups is 3. The molecular weight excluding hydrogens is 839 g/mol. The third-order valence-electron chi connectivity index (χ3n) is 11.9. The highest BCUT2D eigenvalue weighted by Crippen LogP contribution is 2.28. The first kappa shape index (κ1) is 53.2. The van der Waals surface area contributed by atoms with Crippen LogP contribution in [-0.4, -0.2) is 84.4 Å². The van der Waals surface area contributed by atoms with E-state index in [1.54, 1.807) is 0 Å². The van der Waals surface area contributed by atoms with E-state index >= 15 is 0 Å². The zero-order valence-electron chi connectivity index (χ0n) is 39.4. The van der Waals surface area contributed by atoms with Crippen molar-refractivity contribution >= 4 is 28.2 Å². The summed E-state index contributed by atoms with van der Waals surface area (Å²) in [4.78, 5) is 40.1. The van der Waals surface area contributed by atoms with E-state index in [0.29, 0.717) is 19.3 Å². The van der Waals surface area contributed by atoms with Gasteiger partial charge in [0.1, 0.15) is 24.4 Å². The molecule has 1 saturated heterocycles. The van der Waals surface area contributed by atoms with Gasteiger partial charge in [-0.2, -0.15) is 8.42 Å². The van der Waals surface area contributed by atoms with Crippen molar-refractivity contribution in [3.63, 3.8) is 0 Å². The van der Waals surface area contributed by atoms with E-state index in [9.17, 15) is 33.0 Å². The SMILES string of the molecule is [2H]OS(=O)(=O)O[C@H]1[C@H](OC(=O)CCCCCCCCc2ccccc2)[C@@H](NC(=O)C[C@@H](CCCCCCCCCCC)OC(=O)CCCCCCCCc2ccccc2)C(O)O[C@@H]1CO. The lowest BCUT2D eigenvalue weighted by Crippen LogP contribution is -2.66. The molecule has 1 amide bonds. The molecule has 3 rings (SSSR count). The molecule has 362 valence electrons. The lowest BCUT2D eigenvalue weighted by molar-refractivity contribution is -0.254. The van der Waals surface area contributed by atoms with E-state index < -0.39 is 71.6 Å². The Morgan fingerprint density at radius 2 is 1.17 bits per heavy atom. The maximum Gasteiger partial charge on any atom is 0.397 e. The van der Waals surface area contributed by atoms with E-state index in [4.69, 9.17) is 19.8 Å². The number of hydrogen-bond acceptors (Lipinski definition) is 12. The van der Waals surface area contributed by atoms with Crippen LogP contribution in [0.3, 0.4) is 0 Å². The highest BCUT2D eigenvalue weighted by Gasteiger charge is 2.50. The van der Waals surface area contributed by atoms with Crippen molar-refractivity contribution in [1.29, 1.82) is 1.43 Å². The van der Waals surface area contributed by atoms with E-state index in [1.165, 1.54) is 36.8 Å². The van der Waals surface area contributed by atoms with Crippen molar-refractivity contribution in [2.45, 2.75) is 217 Å². The van der Waals surface area contributed by atoms with Gasteiger partial charge in [0.15, 0.2) is 12.4 Å². The predicted octanol–water partition coefficient (Wildman–Crippen LogP) is 9.45. The molecule has 13 nitrogen and oxygen atoms in total. The van der Waals surface area contributed by atoms with Crippen LogP contribution in [0.25, 0.3) is 1.43 Å². The Hall–Kier alpha value is -3.40. The number of amides is 1. The van der Waals surface area contributed by atoms with Crippen LogP contribution in [0.4, 0.5) is 0 Å². The van der Waals surface area contributed by atoms with Gasteiger partial charge in [-0.3, -0.25) is 18.9 Å². The number of hydrogen-bond donors (Lipinski definition) is 4. The molecule has 14 heteroatoms. The molecule has 1 fully saturated rings. The number of nitrogens with one attached hydrogen (secondary N) is 1. The average molecular weight is 919 g/mol. The average Bonchev–Trinajstić information content (AvgIpc) is 3.30. The topological polar surface area (TPSA) is 195 Å². The van der Waals surface area contributed by atoms with Crippen LogP contribution in [0.15, 0.2) is 60.7 Å². The molecule has 6 atom stereocenters. The molecule has 64 heavy (non-hydrogen) atoms. The molecule has 4 N–H and O–H groups in total. The Morgan fingerprint density at radius 3 is 1.69 bits per heavy atom. The standard InChI is InChI=1S/C50H79NO12S/c1-2-3-4-5-6-7-8-15-26-35-42(60-45(54)36-27-16-11-9-13-20-29-40-31-22-18-23-32-40)38-44(53)51-47-49(48(63-64(57,58)59)43(39-52)61-50(47)56)62-46(55)37-28-17-12-10-14-21-30-41-33-24-19-25-34-41/h18-19,22-25,31-34,42-43,47-50,52,56H,2-17,20-21,26-30,35-39H2,1H3,(H,51,53)(H,57,58,59)/t42-,43-,47-,48-,49-,50?/m1/s1/i/hD. The zero-order chi connectivity index (χ0) is 47.0. The number of esters is 2.